The lowest BCUT2D eigenvalue weighted by molar-refractivity contribution is 0.569. The Bertz CT molecular complexity index is 966. The van der Waals surface area contributed by atoms with Crippen LogP contribution in [0.5, 0.6) is 0 Å². The van der Waals surface area contributed by atoms with Gasteiger partial charge in [0.05, 0.1) is 10.9 Å². The minimum atomic E-state index is -0.0762. The van der Waals surface area contributed by atoms with E-state index < -0.39 is 0 Å². The number of hydrogen-bond donors (Lipinski definition) is 0. The van der Waals surface area contributed by atoms with Crippen LogP contribution in [-0.2, 0) is 0 Å². The topological polar surface area (TPSA) is 51.0 Å². The van der Waals surface area contributed by atoms with E-state index in [-0.39, 0.29) is 5.56 Å². The van der Waals surface area contributed by atoms with Gasteiger partial charge in [-0.1, -0.05) is 6.07 Å². The average Bonchev–Trinajstić information content (AvgIpc) is 2.61. The number of piperidine rings is 1. The second-order valence-corrected chi connectivity index (χ2v) is 6.85. The van der Waals surface area contributed by atoms with E-state index in [1.807, 2.05) is 38.2 Å². The Kier molecular flexibility index (Phi) is 3.99. The fraction of sp³-hybridized carbons (Fsp3) is 0.350. The highest BCUT2D eigenvalue weighted by atomic mass is 16.1. The van der Waals surface area contributed by atoms with Crippen LogP contribution >= 0.6 is 0 Å². The van der Waals surface area contributed by atoms with Crippen molar-refractivity contribution in [2.45, 2.75) is 33.1 Å². The molecule has 3 heterocycles. The molecule has 0 unspecified atom stereocenters. The Balaban J connectivity index is 1.79. The first-order valence-electron chi connectivity index (χ1n) is 8.84. The number of rotatable bonds is 2. The molecule has 0 radical (unpaired) electrons. The summed E-state index contributed by atoms with van der Waals surface area (Å²) < 4.78 is 1.67. The van der Waals surface area contributed by atoms with Gasteiger partial charge in [0.15, 0.2) is 0 Å². The van der Waals surface area contributed by atoms with Crippen molar-refractivity contribution in [3.8, 4) is 5.69 Å². The van der Waals surface area contributed by atoms with Crippen molar-refractivity contribution in [3.05, 3.63) is 58.1 Å². The van der Waals surface area contributed by atoms with Crippen molar-refractivity contribution in [1.29, 1.82) is 0 Å². The fourth-order valence-corrected chi connectivity index (χ4v) is 3.56. The summed E-state index contributed by atoms with van der Waals surface area (Å²) in [5, 5.41) is 0.558. The van der Waals surface area contributed by atoms with Gasteiger partial charge in [0.25, 0.3) is 5.56 Å². The molecule has 0 spiro atoms. The Morgan fingerprint density at radius 1 is 1.00 bits per heavy atom. The molecule has 1 aliphatic rings. The normalized spacial score (nSPS) is 14.9. The third-order valence-electron chi connectivity index (χ3n) is 4.76. The molecule has 5 nitrogen and oxygen atoms in total. The molecule has 1 aliphatic heterocycles. The summed E-state index contributed by atoms with van der Waals surface area (Å²) in [7, 11) is 0. The first-order chi connectivity index (χ1) is 12.1. The van der Waals surface area contributed by atoms with Gasteiger partial charge < -0.3 is 4.90 Å². The maximum atomic E-state index is 12.9. The molecule has 5 heteroatoms. The molecule has 0 bridgehead atoms. The number of aryl methyl sites for hydroxylation is 2. The molecule has 25 heavy (non-hydrogen) atoms. The molecule has 1 saturated heterocycles. The lowest BCUT2D eigenvalue weighted by atomic mass is 10.1. The van der Waals surface area contributed by atoms with E-state index in [4.69, 9.17) is 0 Å². The Hall–Kier alpha value is -2.69. The molecule has 1 fully saturated rings. The van der Waals surface area contributed by atoms with Gasteiger partial charge in [-0.3, -0.25) is 9.36 Å². The van der Waals surface area contributed by atoms with E-state index in [9.17, 15) is 4.79 Å². The molecule has 0 N–H and O–H groups in total. The van der Waals surface area contributed by atoms with Gasteiger partial charge in [0.1, 0.15) is 0 Å². The van der Waals surface area contributed by atoms with Crippen molar-refractivity contribution in [1.82, 2.24) is 14.5 Å². The monoisotopic (exact) mass is 334 g/mol. The quantitative estimate of drug-likeness (QED) is 0.721. The number of benzene rings is 1. The zero-order valence-corrected chi connectivity index (χ0v) is 14.7. The first kappa shape index (κ1) is 15.8. The van der Waals surface area contributed by atoms with Gasteiger partial charge in [0.2, 0.25) is 5.95 Å². The van der Waals surface area contributed by atoms with E-state index >= 15 is 0 Å². The number of aromatic nitrogens is 3. The summed E-state index contributed by atoms with van der Waals surface area (Å²) in [4.78, 5) is 24.2. The highest BCUT2D eigenvalue weighted by molar-refractivity contribution is 5.78. The van der Waals surface area contributed by atoms with Crippen molar-refractivity contribution in [2.75, 3.05) is 18.0 Å². The summed E-state index contributed by atoms with van der Waals surface area (Å²) in [5.41, 5.74) is 3.79. The number of pyridine rings is 1. The molecule has 128 valence electrons. The predicted molar refractivity (Wildman–Crippen MR) is 101 cm³/mol. The molecule has 0 amide bonds. The Morgan fingerprint density at radius 3 is 2.44 bits per heavy atom. The zero-order valence-electron chi connectivity index (χ0n) is 14.7. The van der Waals surface area contributed by atoms with Crippen LogP contribution in [0.3, 0.4) is 0 Å². The van der Waals surface area contributed by atoms with Gasteiger partial charge in [0, 0.05) is 31.2 Å². The third-order valence-corrected chi connectivity index (χ3v) is 4.76. The van der Waals surface area contributed by atoms with Gasteiger partial charge in [-0.15, -0.1) is 0 Å². The van der Waals surface area contributed by atoms with Crippen LogP contribution in [0.2, 0.25) is 0 Å². The summed E-state index contributed by atoms with van der Waals surface area (Å²) in [5.74, 6) is 0.732. The molecule has 2 aromatic heterocycles. The van der Waals surface area contributed by atoms with E-state index in [1.165, 1.54) is 19.3 Å². The Morgan fingerprint density at radius 2 is 1.72 bits per heavy atom. The first-order valence-corrected chi connectivity index (χ1v) is 8.84. The molecule has 1 aromatic carbocycles. The molecule has 0 aliphatic carbocycles. The molecular weight excluding hydrogens is 312 g/mol. The van der Waals surface area contributed by atoms with Crippen molar-refractivity contribution < 1.29 is 0 Å². The molecule has 0 saturated carbocycles. The second-order valence-electron chi connectivity index (χ2n) is 6.85. The molecule has 0 atom stereocenters. The van der Waals surface area contributed by atoms with Gasteiger partial charge in [-0.05, 0) is 62.4 Å². The molecule has 4 rings (SSSR count). The SMILES string of the molecule is Cc1cc(C)cc(-n2ccc3nc(N4CCCCC4)ncc3c2=O)c1. The average molecular weight is 334 g/mol. The summed E-state index contributed by atoms with van der Waals surface area (Å²) in [6, 6.07) is 8.04. The largest absolute Gasteiger partial charge is 0.341 e. The van der Waals surface area contributed by atoms with Gasteiger partial charge >= 0.3 is 0 Å². The van der Waals surface area contributed by atoms with Crippen LogP contribution in [0, 0.1) is 13.8 Å². The lowest BCUT2D eigenvalue weighted by Crippen LogP contribution is -2.31. The standard InChI is InChI=1S/C20H22N4O/c1-14-10-15(2)12-16(11-14)24-9-6-18-17(19(24)25)13-21-20(22-18)23-7-4-3-5-8-23/h6,9-13H,3-5,7-8H2,1-2H3. The van der Waals surface area contributed by atoms with Crippen LogP contribution in [0.4, 0.5) is 5.95 Å². The van der Waals surface area contributed by atoms with E-state index in [0.717, 1.165) is 35.9 Å². The van der Waals surface area contributed by atoms with Crippen molar-refractivity contribution in [2.24, 2.45) is 0 Å². The summed E-state index contributed by atoms with van der Waals surface area (Å²) >= 11 is 0. The summed E-state index contributed by atoms with van der Waals surface area (Å²) in [6.07, 6.45) is 7.11. The zero-order chi connectivity index (χ0) is 17.4. The maximum absolute atomic E-state index is 12.9. The smallest absolute Gasteiger partial charge is 0.266 e. The number of anilines is 1. The predicted octanol–water partition coefficient (Wildman–Crippen LogP) is 3.39. The number of fused-ring (bicyclic) bond motifs is 1. The van der Waals surface area contributed by atoms with Gasteiger partial charge in [-0.25, -0.2) is 9.97 Å². The van der Waals surface area contributed by atoms with Crippen LogP contribution in [-0.4, -0.2) is 27.6 Å². The minimum absolute atomic E-state index is 0.0762. The van der Waals surface area contributed by atoms with Crippen molar-refractivity contribution >= 4 is 16.9 Å². The van der Waals surface area contributed by atoms with E-state index in [0.29, 0.717) is 10.9 Å². The highest BCUT2D eigenvalue weighted by Gasteiger charge is 2.15. The molecule has 3 aromatic rings. The van der Waals surface area contributed by atoms with Gasteiger partial charge in [-0.2, -0.15) is 0 Å². The number of nitrogens with zero attached hydrogens (tertiary/aromatic N) is 4. The van der Waals surface area contributed by atoms with E-state index in [2.05, 4.69) is 20.9 Å². The van der Waals surface area contributed by atoms with Crippen molar-refractivity contribution in [3.63, 3.8) is 0 Å². The molecular formula is C20H22N4O. The summed E-state index contributed by atoms with van der Waals surface area (Å²) in [6.45, 7) is 6.06. The van der Waals surface area contributed by atoms with Crippen LogP contribution in [0.25, 0.3) is 16.6 Å². The highest BCUT2D eigenvalue weighted by Crippen LogP contribution is 2.18. The Labute approximate surface area is 147 Å². The lowest BCUT2D eigenvalue weighted by Gasteiger charge is -2.26. The number of hydrogen-bond acceptors (Lipinski definition) is 4. The van der Waals surface area contributed by atoms with E-state index in [1.54, 1.807) is 10.8 Å². The van der Waals surface area contributed by atoms with Crippen LogP contribution in [0.15, 0.2) is 41.5 Å². The second kappa shape index (κ2) is 6.31. The van der Waals surface area contributed by atoms with Crippen LogP contribution < -0.4 is 10.5 Å². The van der Waals surface area contributed by atoms with Crippen LogP contribution in [0.1, 0.15) is 30.4 Å². The fourth-order valence-electron chi connectivity index (χ4n) is 3.56. The maximum Gasteiger partial charge on any atom is 0.266 e. The third kappa shape index (κ3) is 3.02. The minimum Gasteiger partial charge on any atom is -0.341 e.